The minimum absolute atomic E-state index is 0.261. The zero-order valence-electron chi connectivity index (χ0n) is 16.1. The zero-order chi connectivity index (χ0) is 20.0. The zero-order valence-corrected chi connectivity index (χ0v) is 17.7. The Balaban J connectivity index is 1.87. The van der Waals surface area contributed by atoms with E-state index in [1.54, 1.807) is 4.57 Å². The molecule has 1 saturated heterocycles. The van der Waals surface area contributed by atoms with Gasteiger partial charge >= 0.3 is 0 Å². The highest BCUT2D eigenvalue weighted by Crippen LogP contribution is 2.24. The average molecular weight is 416 g/mol. The van der Waals surface area contributed by atoms with E-state index in [0.717, 1.165) is 37.2 Å². The number of benzene rings is 1. The van der Waals surface area contributed by atoms with Crippen molar-refractivity contribution in [2.45, 2.75) is 33.6 Å². The Labute approximate surface area is 173 Å². The summed E-state index contributed by atoms with van der Waals surface area (Å²) < 4.78 is 2.15. The number of hydrogen-bond acceptors (Lipinski definition) is 5. The maximum atomic E-state index is 12.9. The molecule has 2 aromatic heterocycles. The van der Waals surface area contributed by atoms with Gasteiger partial charge in [-0.2, -0.15) is 4.98 Å². The van der Waals surface area contributed by atoms with Crippen LogP contribution in [0.1, 0.15) is 31.2 Å². The number of fused-ring (bicyclic) bond motifs is 1. The Kier molecular flexibility index (Phi) is 4.97. The third kappa shape index (κ3) is 3.33. The number of aromatic amines is 1. The Morgan fingerprint density at radius 3 is 2.61 bits per heavy atom. The highest BCUT2D eigenvalue weighted by atomic mass is 35.5. The maximum absolute atomic E-state index is 12.9. The first-order valence-corrected chi connectivity index (χ1v) is 10.2. The van der Waals surface area contributed by atoms with Crippen molar-refractivity contribution in [2.75, 3.05) is 18.0 Å². The molecule has 1 aliphatic rings. The molecular formula is C20H22ClN5OS. The molecule has 146 valence electrons. The molecule has 1 N–H and O–H groups in total. The van der Waals surface area contributed by atoms with Crippen LogP contribution in [0.4, 0.5) is 5.95 Å². The van der Waals surface area contributed by atoms with Crippen molar-refractivity contribution in [2.24, 2.45) is 5.92 Å². The second kappa shape index (κ2) is 7.29. The molecule has 1 fully saturated rings. The maximum Gasteiger partial charge on any atom is 0.264 e. The van der Waals surface area contributed by atoms with Crippen LogP contribution in [0.5, 0.6) is 0 Å². The molecule has 28 heavy (non-hydrogen) atoms. The van der Waals surface area contributed by atoms with Gasteiger partial charge in [-0.05, 0) is 50.3 Å². The van der Waals surface area contributed by atoms with Crippen LogP contribution in [0.25, 0.3) is 16.7 Å². The number of aromatic nitrogens is 4. The molecule has 0 unspecified atom stereocenters. The van der Waals surface area contributed by atoms with Crippen LogP contribution >= 0.6 is 23.8 Å². The van der Waals surface area contributed by atoms with E-state index >= 15 is 0 Å². The van der Waals surface area contributed by atoms with Crippen molar-refractivity contribution in [3.63, 3.8) is 0 Å². The van der Waals surface area contributed by atoms with E-state index in [1.165, 1.54) is 0 Å². The van der Waals surface area contributed by atoms with Crippen LogP contribution < -0.4 is 10.5 Å². The van der Waals surface area contributed by atoms with Gasteiger partial charge in [0.2, 0.25) is 5.95 Å². The highest BCUT2D eigenvalue weighted by molar-refractivity contribution is 7.71. The summed E-state index contributed by atoms with van der Waals surface area (Å²) in [6, 6.07) is 5.67. The highest BCUT2D eigenvalue weighted by Gasteiger charge is 2.20. The molecule has 1 aliphatic heterocycles. The number of anilines is 1. The van der Waals surface area contributed by atoms with E-state index in [1.807, 2.05) is 32.0 Å². The summed E-state index contributed by atoms with van der Waals surface area (Å²) in [6.45, 7) is 7.80. The van der Waals surface area contributed by atoms with Crippen molar-refractivity contribution in [3.8, 4) is 5.69 Å². The molecule has 4 rings (SSSR count). The molecule has 0 amide bonds. The Hall–Kier alpha value is -2.25. The smallest absolute Gasteiger partial charge is 0.264 e. The molecule has 3 aromatic rings. The number of rotatable bonds is 2. The first-order valence-electron chi connectivity index (χ1n) is 9.40. The predicted molar refractivity (Wildman–Crippen MR) is 115 cm³/mol. The van der Waals surface area contributed by atoms with Crippen molar-refractivity contribution in [3.05, 3.63) is 49.6 Å². The number of aryl methyl sites for hydroxylation is 2. The van der Waals surface area contributed by atoms with Crippen molar-refractivity contribution in [1.29, 1.82) is 0 Å². The van der Waals surface area contributed by atoms with E-state index in [9.17, 15) is 4.79 Å². The SMILES string of the molecule is Cc1ccc(-n2c(C)nc3nc(N4CCC(C)CC4)[nH]c(=O)c3c2=S)cc1Cl. The second-order valence-electron chi connectivity index (χ2n) is 7.49. The number of piperidine rings is 1. The molecule has 6 nitrogen and oxygen atoms in total. The van der Waals surface area contributed by atoms with Gasteiger partial charge in [-0.1, -0.05) is 36.8 Å². The van der Waals surface area contributed by atoms with Gasteiger partial charge in [0.25, 0.3) is 5.56 Å². The molecular weight excluding hydrogens is 394 g/mol. The van der Waals surface area contributed by atoms with Crippen molar-refractivity contribution >= 4 is 40.8 Å². The number of hydrogen-bond donors (Lipinski definition) is 1. The molecule has 0 aliphatic carbocycles. The largest absolute Gasteiger partial charge is 0.342 e. The lowest BCUT2D eigenvalue weighted by Crippen LogP contribution is -2.35. The van der Waals surface area contributed by atoms with Crippen molar-refractivity contribution in [1.82, 2.24) is 19.5 Å². The van der Waals surface area contributed by atoms with Crippen LogP contribution in [0.2, 0.25) is 5.02 Å². The summed E-state index contributed by atoms with van der Waals surface area (Å²) >= 11 is 11.9. The van der Waals surface area contributed by atoms with Crippen molar-refractivity contribution < 1.29 is 0 Å². The molecule has 8 heteroatoms. The van der Waals surface area contributed by atoms with E-state index in [-0.39, 0.29) is 5.56 Å². The van der Waals surface area contributed by atoms with E-state index in [0.29, 0.717) is 38.4 Å². The monoisotopic (exact) mass is 415 g/mol. The molecule has 0 radical (unpaired) electrons. The van der Waals surface area contributed by atoms with Crippen LogP contribution in [0.3, 0.4) is 0 Å². The number of nitrogens with one attached hydrogen (secondary N) is 1. The van der Waals surface area contributed by atoms with Crippen LogP contribution in [0.15, 0.2) is 23.0 Å². The Morgan fingerprint density at radius 2 is 1.93 bits per heavy atom. The third-order valence-electron chi connectivity index (χ3n) is 5.39. The number of halogens is 1. The Morgan fingerprint density at radius 1 is 1.21 bits per heavy atom. The van der Waals surface area contributed by atoms with Gasteiger partial charge in [0.05, 0.1) is 0 Å². The fraction of sp³-hybridized carbons (Fsp3) is 0.400. The quantitative estimate of drug-likeness (QED) is 0.630. The second-order valence-corrected chi connectivity index (χ2v) is 8.28. The van der Waals surface area contributed by atoms with Gasteiger partial charge in [-0.3, -0.25) is 14.3 Å². The van der Waals surface area contributed by atoms with E-state index in [2.05, 4.69) is 26.8 Å². The third-order valence-corrected chi connectivity index (χ3v) is 6.19. The van der Waals surface area contributed by atoms with E-state index in [4.69, 9.17) is 23.8 Å². The summed E-state index contributed by atoms with van der Waals surface area (Å²) in [5.74, 6) is 1.93. The predicted octanol–water partition coefficient (Wildman–Crippen LogP) is 4.34. The lowest BCUT2D eigenvalue weighted by molar-refractivity contribution is 0.434. The normalized spacial score (nSPS) is 15.4. The van der Waals surface area contributed by atoms with Gasteiger partial charge in [0.15, 0.2) is 5.65 Å². The minimum Gasteiger partial charge on any atom is -0.342 e. The standard InChI is InChI=1S/C20H22ClN5OS/c1-11-6-8-25(9-7-11)20-23-17-16(18(27)24-20)19(28)26(13(3)22-17)14-5-4-12(2)15(21)10-14/h4-5,10-11H,6-9H2,1-3H3,(H,23,24,27). The minimum atomic E-state index is -0.261. The van der Waals surface area contributed by atoms with Crippen LogP contribution in [-0.4, -0.2) is 32.6 Å². The van der Waals surface area contributed by atoms with Gasteiger partial charge in [0.1, 0.15) is 15.9 Å². The van der Waals surface area contributed by atoms with Gasteiger partial charge in [0, 0.05) is 23.8 Å². The summed E-state index contributed by atoms with van der Waals surface area (Å²) in [5.41, 5.74) is 1.88. The number of H-pyrrole nitrogens is 1. The average Bonchev–Trinajstić information content (AvgIpc) is 2.64. The topological polar surface area (TPSA) is 66.8 Å². The molecule has 0 saturated carbocycles. The molecule has 1 aromatic carbocycles. The number of nitrogens with zero attached hydrogens (tertiary/aromatic N) is 4. The lowest BCUT2D eigenvalue weighted by Gasteiger charge is -2.30. The molecule has 3 heterocycles. The van der Waals surface area contributed by atoms with Crippen LogP contribution in [-0.2, 0) is 0 Å². The summed E-state index contributed by atoms with van der Waals surface area (Å²) in [5, 5.41) is 0.965. The summed E-state index contributed by atoms with van der Waals surface area (Å²) in [6.07, 6.45) is 2.17. The van der Waals surface area contributed by atoms with Crippen LogP contribution in [0, 0.1) is 24.4 Å². The molecule has 0 spiro atoms. The molecule has 0 atom stereocenters. The first-order chi connectivity index (χ1) is 13.3. The fourth-order valence-electron chi connectivity index (χ4n) is 3.58. The molecule has 0 bridgehead atoms. The van der Waals surface area contributed by atoms with Gasteiger partial charge < -0.3 is 4.90 Å². The summed E-state index contributed by atoms with van der Waals surface area (Å²) in [4.78, 5) is 27.1. The van der Waals surface area contributed by atoms with E-state index < -0.39 is 0 Å². The lowest BCUT2D eigenvalue weighted by atomic mass is 10.00. The fourth-order valence-corrected chi connectivity index (χ4v) is 4.18. The van der Waals surface area contributed by atoms with Gasteiger partial charge in [-0.25, -0.2) is 4.98 Å². The first kappa shape index (κ1) is 19.1. The Bertz CT molecular complexity index is 1180. The summed E-state index contributed by atoms with van der Waals surface area (Å²) in [7, 11) is 0. The van der Waals surface area contributed by atoms with Gasteiger partial charge in [-0.15, -0.1) is 0 Å².